The molecule has 3 aliphatic heterocycles. The van der Waals surface area contributed by atoms with Crippen molar-refractivity contribution < 1.29 is 9.47 Å². The molecule has 0 aliphatic carbocycles. The van der Waals surface area contributed by atoms with Crippen molar-refractivity contribution >= 4 is 28.4 Å². The van der Waals surface area contributed by atoms with Gasteiger partial charge in [0.15, 0.2) is 0 Å². The van der Waals surface area contributed by atoms with E-state index in [1.54, 1.807) is 0 Å². The number of thioether (sulfide) groups is 1. The molecule has 0 amide bonds. The van der Waals surface area contributed by atoms with Crippen molar-refractivity contribution in [2.24, 2.45) is 5.92 Å². The molecule has 5 rings (SSSR count). The Morgan fingerprint density at radius 1 is 1.10 bits per heavy atom. The van der Waals surface area contributed by atoms with Gasteiger partial charge >= 0.3 is 0 Å². The van der Waals surface area contributed by atoms with Gasteiger partial charge in [0, 0.05) is 62.6 Å². The summed E-state index contributed by atoms with van der Waals surface area (Å²) in [5.74, 6) is 0.698. The number of aromatic nitrogens is 1. The normalized spacial score (nSPS) is 23.1. The van der Waals surface area contributed by atoms with E-state index in [1.165, 1.54) is 33.5 Å². The molecule has 1 atom stereocenters. The zero-order valence-corrected chi connectivity index (χ0v) is 19.2. The lowest BCUT2D eigenvalue weighted by Crippen LogP contribution is -2.37. The first-order valence-electron chi connectivity index (χ1n) is 11.6. The van der Waals surface area contributed by atoms with Gasteiger partial charge in [-0.3, -0.25) is 4.90 Å². The second kappa shape index (κ2) is 9.86. The first-order valence-corrected chi connectivity index (χ1v) is 12.5. The monoisotopic (exact) mass is 442 g/mol. The van der Waals surface area contributed by atoms with Crippen LogP contribution in [0.1, 0.15) is 35.9 Å². The van der Waals surface area contributed by atoms with Crippen LogP contribution in [0.2, 0.25) is 0 Å². The number of anilines is 1. The molecule has 1 aromatic heterocycles. The van der Waals surface area contributed by atoms with Gasteiger partial charge in [0.25, 0.3) is 0 Å². The van der Waals surface area contributed by atoms with Gasteiger partial charge in [-0.15, -0.1) is 11.8 Å². The fraction of sp³-hybridized carbons (Fsp3) is 0.583. The number of nitrogens with one attached hydrogen (secondary N) is 3. The van der Waals surface area contributed by atoms with Crippen LogP contribution < -0.4 is 10.6 Å². The van der Waals surface area contributed by atoms with E-state index < -0.39 is 0 Å². The first kappa shape index (κ1) is 21.2. The number of benzene rings is 1. The van der Waals surface area contributed by atoms with Crippen LogP contribution in [0.3, 0.4) is 0 Å². The van der Waals surface area contributed by atoms with Crippen LogP contribution in [0.25, 0.3) is 10.9 Å². The third kappa shape index (κ3) is 5.22. The lowest BCUT2D eigenvalue weighted by atomic mass is 10.0. The molecule has 0 saturated carbocycles. The molecule has 3 N–H and O–H groups in total. The molecule has 31 heavy (non-hydrogen) atoms. The summed E-state index contributed by atoms with van der Waals surface area (Å²) in [6.45, 7) is 9.92. The third-order valence-electron chi connectivity index (χ3n) is 6.56. The van der Waals surface area contributed by atoms with Crippen molar-refractivity contribution in [1.82, 2.24) is 15.2 Å². The average molecular weight is 443 g/mol. The summed E-state index contributed by atoms with van der Waals surface area (Å²) in [6.07, 6.45) is 3.37. The molecule has 168 valence electrons. The van der Waals surface area contributed by atoms with E-state index in [1.807, 2.05) is 11.8 Å². The standard InChI is InChI=1S/C24H34N4O2S/c1-17-12-19-14-22(24-26-20(16-31-24)2-5-28-6-10-30-11-7-28)27-23(19)21(13-17)25-15-18-3-8-29-9-4-18/h12-14,16,18,24-27H,2-11,15H2,1H3. The largest absolute Gasteiger partial charge is 0.383 e. The number of H-pyrrole nitrogens is 1. The fourth-order valence-electron chi connectivity index (χ4n) is 4.67. The minimum Gasteiger partial charge on any atom is -0.383 e. The second-order valence-electron chi connectivity index (χ2n) is 8.95. The smallest absolute Gasteiger partial charge is 0.117 e. The quantitative estimate of drug-likeness (QED) is 0.597. The number of fused-ring (bicyclic) bond motifs is 1. The fourth-order valence-corrected chi connectivity index (χ4v) is 5.65. The van der Waals surface area contributed by atoms with Crippen LogP contribution in [0.4, 0.5) is 5.69 Å². The topological polar surface area (TPSA) is 61.5 Å². The number of aromatic amines is 1. The zero-order chi connectivity index (χ0) is 21.0. The van der Waals surface area contributed by atoms with Crippen LogP contribution in [-0.4, -0.2) is 62.5 Å². The lowest BCUT2D eigenvalue weighted by molar-refractivity contribution is 0.0383. The van der Waals surface area contributed by atoms with Gasteiger partial charge in [0.1, 0.15) is 5.37 Å². The Labute approximate surface area is 189 Å². The number of morpholine rings is 1. The van der Waals surface area contributed by atoms with E-state index in [2.05, 4.69) is 51.0 Å². The molecule has 2 saturated heterocycles. The molecule has 4 heterocycles. The highest BCUT2D eigenvalue weighted by Crippen LogP contribution is 2.37. The highest BCUT2D eigenvalue weighted by Gasteiger charge is 2.22. The summed E-state index contributed by atoms with van der Waals surface area (Å²) >= 11 is 1.87. The van der Waals surface area contributed by atoms with Crippen molar-refractivity contribution in [1.29, 1.82) is 0 Å². The van der Waals surface area contributed by atoms with E-state index in [-0.39, 0.29) is 5.37 Å². The molecule has 0 bridgehead atoms. The Hall–Kier alpha value is -1.67. The predicted octanol–water partition coefficient (Wildman–Crippen LogP) is 4.21. The molecule has 2 fully saturated rings. The number of nitrogens with zero attached hydrogens (tertiary/aromatic N) is 1. The van der Waals surface area contributed by atoms with Crippen LogP contribution in [0.5, 0.6) is 0 Å². The average Bonchev–Trinajstić information content (AvgIpc) is 3.44. The summed E-state index contributed by atoms with van der Waals surface area (Å²) in [6, 6.07) is 6.86. The number of rotatable bonds is 7. The molecule has 0 radical (unpaired) electrons. The minimum absolute atomic E-state index is 0.260. The van der Waals surface area contributed by atoms with Crippen molar-refractivity contribution in [3.8, 4) is 0 Å². The predicted molar refractivity (Wildman–Crippen MR) is 128 cm³/mol. The van der Waals surface area contributed by atoms with Crippen molar-refractivity contribution in [3.05, 3.63) is 40.6 Å². The number of hydrogen-bond donors (Lipinski definition) is 3. The van der Waals surface area contributed by atoms with Crippen LogP contribution in [0, 0.1) is 12.8 Å². The molecule has 1 unspecified atom stereocenters. The summed E-state index contributed by atoms with van der Waals surface area (Å²) < 4.78 is 11.0. The maximum absolute atomic E-state index is 5.51. The summed E-state index contributed by atoms with van der Waals surface area (Å²) in [5, 5.41) is 11.3. The van der Waals surface area contributed by atoms with Crippen LogP contribution in [-0.2, 0) is 9.47 Å². The highest BCUT2D eigenvalue weighted by atomic mass is 32.2. The van der Waals surface area contributed by atoms with Crippen molar-refractivity contribution in [3.63, 3.8) is 0 Å². The molecular weight excluding hydrogens is 408 g/mol. The Bertz CT molecular complexity index is 916. The molecule has 6 nitrogen and oxygen atoms in total. The van der Waals surface area contributed by atoms with Gasteiger partial charge < -0.3 is 25.1 Å². The van der Waals surface area contributed by atoms with E-state index in [4.69, 9.17) is 9.47 Å². The summed E-state index contributed by atoms with van der Waals surface area (Å²) in [7, 11) is 0. The minimum atomic E-state index is 0.260. The Morgan fingerprint density at radius 3 is 2.74 bits per heavy atom. The lowest BCUT2D eigenvalue weighted by Gasteiger charge is -2.26. The van der Waals surface area contributed by atoms with E-state index in [0.717, 1.165) is 71.9 Å². The first-order chi connectivity index (χ1) is 15.2. The molecule has 0 spiro atoms. The maximum Gasteiger partial charge on any atom is 0.117 e. The number of aryl methyl sites for hydroxylation is 1. The Balaban J connectivity index is 1.22. The molecule has 2 aromatic rings. The SMILES string of the molecule is Cc1cc(NCC2CCOCC2)c2[nH]c(C3NC(CCN4CCOCC4)=CS3)cc2c1. The number of hydrogen-bond acceptors (Lipinski definition) is 6. The van der Waals surface area contributed by atoms with Gasteiger partial charge in [-0.2, -0.15) is 0 Å². The molecular formula is C24H34N4O2S. The molecule has 3 aliphatic rings. The molecule has 7 heteroatoms. The second-order valence-corrected chi connectivity index (χ2v) is 9.92. The maximum atomic E-state index is 5.51. The van der Waals surface area contributed by atoms with E-state index in [0.29, 0.717) is 5.92 Å². The van der Waals surface area contributed by atoms with Crippen LogP contribution in [0.15, 0.2) is 29.3 Å². The summed E-state index contributed by atoms with van der Waals surface area (Å²) in [5.41, 5.74) is 6.32. The van der Waals surface area contributed by atoms with Gasteiger partial charge in [0.05, 0.1) is 24.4 Å². The Morgan fingerprint density at radius 2 is 1.90 bits per heavy atom. The zero-order valence-electron chi connectivity index (χ0n) is 18.4. The van der Waals surface area contributed by atoms with Crippen molar-refractivity contribution in [2.45, 2.75) is 31.6 Å². The van der Waals surface area contributed by atoms with Gasteiger partial charge in [0.2, 0.25) is 0 Å². The Kier molecular flexibility index (Phi) is 6.74. The summed E-state index contributed by atoms with van der Waals surface area (Å²) in [4.78, 5) is 6.21. The number of ether oxygens (including phenoxy) is 2. The van der Waals surface area contributed by atoms with Gasteiger partial charge in [-0.25, -0.2) is 0 Å². The van der Waals surface area contributed by atoms with Crippen molar-refractivity contribution in [2.75, 3.05) is 57.9 Å². The van der Waals surface area contributed by atoms with Gasteiger partial charge in [-0.05, 0) is 54.9 Å². The van der Waals surface area contributed by atoms with Crippen LogP contribution >= 0.6 is 11.8 Å². The van der Waals surface area contributed by atoms with E-state index >= 15 is 0 Å². The highest BCUT2D eigenvalue weighted by molar-refractivity contribution is 8.02. The molecule has 1 aromatic carbocycles. The van der Waals surface area contributed by atoms with Gasteiger partial charge in [-0.1, -0.05) is 0 Å². The van der Waals surface area contributed by atoms with E-state index in [9.17, 15) is 0 Å². The third-order valence-corrected chi connectivity index (χ3v) is 7.63.